The van der Waals surface area contributed by atoms with Crippen LogP contribution < -0.4 is 5.73 Å². The van der Waals surface area contributed by atoms with Gasteiger partial charge in [-0.25, -0.2) is 4.57 Å². The van der Waals surface area contributed by atoms with Crippen molar-refractivity contribution in [1.82, 2.24) is 0 Å². The van der Waals surface area contributed by atoms with Crippen LogP contribution in [0.25, 0.3) is 0 Å². The molecule has 11 nitrogen and oxygen atoms in total. The zero-order chi connectivity index (χ0) is 41.4. The number of rotatable bonds is 42. The van der Waals surface area contributed by atoms with E-state index in [1.54, 1.807) is 0 Å². The number of allylic oxidation sites excluding steroid dienone is 4. The van der Waals surface area contributed by atoms with Crippen LogP contribution in [0.3, 0.4) is 0 Å². The highest BCUT2D eigenvalue weighted by Gasteiger charge is 2.28. The summed E-state index contributed by atoms with van der Waals surface area (Å²) in [5.74, 6) is -2.40. The summed E-state index contributed by atoms with van der Waals surface area (Å²) in [6.07, 6.45) is 41.0. The number of aliphatic carboxylic acids is 1. The number of carboxylic acids is 1. The number of unbranched alkanes of at least 4 members (excludes halogenated alkanes) is 24. The highest BCUT2D eigenvalue weighted by atomic mass is 31.2. The number of esters is 2. The van der Waals surface area contributed by atoms with E-state index in [4.69, 9.17) is 24.8 Å². The number of carbonyl (C=O) groups is 3. The van der Waals surface area contributed by atoms with E-state index in [1.165, 1.54) is 122 Å². The van der Waals surface area contributed by atoms with E-state index in [2.05, 4.69) is 42.7 Å². The Hall–Kier alpha value is -2.04. The topological polar surface area (TPSA) is 172 Å². The molecule has 0 aliphatic rings. The summed E-state index contributed by atoms with van der Waals surface area (Å²) in [7, 11) is -4.72. The fourth-order valence-electron chi connectivity index (χ4n) is 6.11. The van der Waals surface area contributed by atoms with Crippen LogP contribution >= 0.6 is 7.82 Å². The molecule has 3 atom stereocenters. The van der Waals surface area contributed by atoms with E-state index < -0.39 is 51.1 Å². The summed E-state index contributed by atoms with van der Waals surface area (Å²) in [5, 5.41) is 8.89. The summed E-state index contributed by atoms with van der Waals surface area (Å²) in [6.45, 7) is 2.79. The zero-order valence-corrected chi connectivity index (χ0v) is 36.4. The van der Waals surface area contributed by atoms with Gasteiger partial charge >= 0.3 is 25.7 Å². The van der Waals surface area contributed by atoms with Crippen LogP contribution in [0, 0.1) is 0 Å². The molecule has 0 radical (unpaired) electrons. The van der Waals surface area contributed by atoms with Crippen LogP contribution in [0.4, 0.5) is 0 Å². The summed E-state index contributed by atoms with van der Waals surface area (Å²) in [4.78, 5) is 45.9. The number of hydrogen-bond donors (Lipinski definition) is 3. The first-order valence-corrected chi connectivity index (χ1v) is 23.9. The van der Waals surface area contributed by atoms with Crippen LogP contribution in [-0.2, 0) is 37.5 Å². The number of phosphoric ester groups is 1. The highest BCUT2D eigenvalue weighted by molar-refractivity contribution is 7.47. The molecule has 1 unspecified atom stereocenters. The van der Waals surface area contributed by atoms with Gasteiger partial charge in [-0.3, -0.25) is 23.4 Å². The Labute approximate surface area is 340 Å². The van der Waals surface area contributed by atoms with Crippen LogP contribution in [-0.4, -0.2) is 59.9 Å². The number of hydrogen-bond acceptors (Lipinski definition) is 9. The van der Waals surface area contributed by atoms with Crippen molar-refractivity contribution in [2.75, 3.05) is 19.8 Å². The molecule has 0 aromatic heterocycles. The first kappa shape index (κ1) is 54.0. The van der Waals surface area contributed by atoms with Gasteiger partial charge in [-0.2, -0.15) is 0 Å². The van der Waals surface area contributed by atoms with Crippen molar-refractivity contribution in [3.05, 3.63) is 24.3 Å². The van der Waals surface area contributed by atoms with Crippen LogP contribution in [0.1, 0.15) is 206 Å². The first-order chi connectivity index (χ1) is 27.1. The van der Waals surface area contributed by atoms with Gasteiger partial charge in [0.2, 0.25) is 0 Å². The molecule has 0 bridgehead atoms. The number of phosphoric acid groups is 1. The average Bonchev–Trinajstić information content (AvgIpc) is 3.17. The van der Waals surface area contributed by atoms with Crippen LogP contribution in [0.15, 0.2) is 24.3 Å². The van der Waals surface area contributed by atoms with Gasteiger partial charge in [0.1, 0.15) is 12.6 Å². The van der Waals surface area contributed by atoms with Gasteiger partial charge in [0.15, 0.2) is 6.10 Å². The first-order valence-electron chi connectivity index (χ1n) is 22.4. The molecule has 0 aliphatic heterocycles. The second-order valence-corrected chi connectivity index (χ2v) is 16.6. The van der Waals surface area contributed by atoms with Crippen molar-refractivity contribution in [3.8, 4) is 0 Å². The second-order valence-electron chi connectivity index (χ2n) is 15.2. The lowest BCUT2D eigenvalue weighted by molar-refractivity contribution is -0.161. The predicted octanol–water partition coefficient (Wildman–Crippen LogP) is 11.8. The Balaban J connectivity index is 4.36. The fraction of sp³-hybridized carbons (Fsp3) is 0.841. The summed E-state index contributed by atoms with van der Waals surface area (Å²) in [6, 6.07) is -1.52. The van der Waals surface area contributed by atoms with E-state index in [9.17, 15) is 23.8 Å². The standard InChI is InChI=1S/C44H82NO10P/c1-3-5-7-9-11-13-15-17-19-20-22-23-25-27-29-31-33-35-42(46)52-37-40(38-53-56(50,51)54-39-41(45)44(48)49)55-43(47)36-34-32-30-28-26-24-21-18-16-14-12-10-8-6-4-2/h17,19,26,28,40-41H,3-16,18,20-25,27,29-39,45H2,1-2H3,(H,48,49)(H,50,51)/b19-17+,28-26+/t40-,41+/m1/s1. The van der Waals surface area contributed by atoms with Crippen molar-refractivity contribution >= 4 is 25.7 Å². The SMILES string of the molecule is CCCCCCCC/C=C/CCCCCCCCCC(=O)OC[C@H](COP(=O)(O)OC[C@H](N)C(=O)O)OC(=O)CCCC/C=C/CCCCCCCCCCC. The monoisotopic (exact) mass is 816 g/mol. The Morgan fingerprint density at radius 2 is 0.893 bits per heavy atom. The maximum absolute atomic E-state index is 12.6. The number of carbonyl (C=O) groups excluding carboxylic acids is 2. The van der Waals surface area contributed by atoms with Crippen LogP contribution in [0.5, 0.6) is 0 Å². The van der Waals surface area contributed by atoms with Crippen molar-refractivity contribution < 1.29 is 47.5 Å². The molecule has 0 amide bonds. The number of nitrogens with two attached hydrogens (primary N) is 1. The van der Waals surface area contributed by atoms with E-state index in [1.807, 2.05) is 0 Å². The maximum Gasteiger partial charge on any atom is 0.472 e. The molecule has 0 rings (SSSR count). The Morgan fingerprint density at radius 1 is 0.536 bits per heavy atom. The van der Waals surface area contributed by atoms with Gasteiger partial charge in [0, 0.05) is 12.8 Å². The lowest BCUT2D eigenvalue weighted by Gasteiger charge is -2.20. The molecule has 328 valence electrons. The van der Waals surface area contributed by atoms with Crippen LogP contribution in [0.2, 0.25) is 0 Å². The minimum absolute atomic E-state index is 0.132. The van der Waals surface area contributed by atoms with E-state index >= 15 is 0 Å². The van der Waals surface area contributed by atoms with Gasteiger partial charge in [-0.05, 0) is 64.2 Å². The van der Waals surface area contributed by atoms with Crippen molar-refractivity contribution in [2.45, 2.75) is 219 Å². The van der Waals surface area contributed by atoms with Crippen molar-refractivity contribution in [3.63, 3.8) is 0 Å². The molecule has 0 aromatic rings. The van der Waals surface area contributed by atoms with Gasteiger partial charge < -0.3 is 25.2 Å². The molecule has 12 heteroatoms. The number of carboxylic acid groups (broad SMARTS) is 1. The minimum Gasteiger partial charge on any atom is -0.480 e. The van der Waals surface area contributed by atoms with E-state index in [0.717, 1.165) is 44.9 Å². The predicted molar refractivity (Wildman–Crippen MR) is 226 cm³/mol. The van der Waals surface area contributed by atoms with Crippen molar-refractivity contribution in [1.29, 1.82) is 0 Å². The number of ether oxygens (including phenoxy) is 2. The van der Waals surface area contributed by atoms with E-state index in [-0.39, 0.29) is 19.4 Å². The summed E-state index contributed by atoms with van der Waals surface area (Å²) in [5.41, 5.74) is 5.33. The third kappa shape index (κ3) is 38.8. The molecule has 0 aromatic carbocycles. The Morgan fingerprint density at radius 3 is 1.34 bits per heavy atom. The van der Waals surface area contributed by atoms with Gasteiger partial charge in [0.05, 0.1) is 13.2 Å². The molecular weight excluding hydrogens is 733 g/mol. The normalized spacial score (nSPS) is 13.9. The lowest BCUT2D eigenvalue weighted by atomic mass is 10.1. The molecule has 0 heterocycles. The summed E-state index contributed by atoms with van der Waals surface area (Å²) < 4.78 is 32.7. The largest absolute Gasteiger partial charge is 0.480 e. The van der Waals surface area contributed by atoms with Gasteiger partial charge in [-0.1, -0.05) is 154 Å². The molecule has 56 heavy (non-hydrogen) atoms. The smallest absolute Gasteiger partial charge is 0.472 e. The van der Waals surface area contributed by atoms with Gasteiger partial charge in [0.25, 0.3) is 0 Å². The summed E-state index contributed by atoms with van der Waals surface area (Å²) >= 11 is 0. The fourth-order valence-corrected chi connectivity index (χ4v) is 6.89. The van der Waals surface area contributed by atoms with Crippen molar-refractivity contribution in [2.24, 2.45) is 5.73 Å². The maximum atomic E-state index is 12.6. The van der Waals surface area contributed by atoms with Gasteiger partial charge in [-0.15, -0.1) is 0 Å². The highest BCUT2D eigenvalue weighted by Crippen LogP contribution is 2.43. The Bertz CT molecular complexity index is 1050. The quantitative estimate of drug-likeness (QED) is 0.0232. The molecule has 0 fully saturated rings. The molecule has 0 spiro atoms. The zero-order valence-electron chi connectivity index (χ0n) is 35.5. The third-order valence-corrected chi connectivity index (χ3v) is 10.6. The Kier molecular flexibility index (Phi) is 38.3. The second kappa shape index (κ2) is 39.8. The van der Waals surface area contributed by atoms with E-state index in [0.29, 0.717) is 12.8 Å². The third-order valence-electron chi connectivity index (χ3n) is 9.67. The molecule has 0 aliphatic carbocycles. The molecule has 4 N–H and O–H groups in total. The average molecular weight is 816 g/mol. The minimum atomic E-state index is -4.72. The molecular formula is C44H82NO10P. The lowest BCUT2D eigenvalue weighted by Crippen LogP contribution is -2.34. The molecule has 0 saturated heterocycles. The molecule has 0 saturated carbocycles.